The number of piperidine rings is 1. The number of amides is 2. The van der Waals surface area contributed by atoms with E-state index < -0.39 is 0 Å². The van der Waals surface area contributed by atoms with Gasteiger partial charge in [0.2, 0.25) is 11.8 Å². The maximum Gasteiger partial charge on any atom is 0.229 e. The molecule has 6 heteroatoms. The number of likely N-dealkylation sites (tertiary alicyclic amines) is 1. The van der Waals surface area contributed by atoms with Crippen molar-refractivity contribution in [1.29, 1.82) is 0 Å². The summed E-state index contributed by atoms with van der Waals surface area (Å²) in [4.78, 5) is 25.1. The molecule has 1 fully saturated rings. The van der Waals surface area contributed by atoms with Crippen LogP contribution in [0.15, 0.2) is 35.9 Å². The average molecular weight is 351 g/mol. The first-order valence-corrected chi connectivity index (χ1v) is 8.40. The summed E-state index contributed by atoms with van der Waals surface area (Å²) in [6.07, 6.45) is 1.55. The molecule has 1 saturated heterocycles. The Morgan fingerprint density at radius 1 is 1.29 bits per heavy atom. The van der Waals surface area contributed by atoms with Gasteiger partial charge in [0.1, 0.15) is 12.4 Å². The van der Waals surface area contributed by atoms with Crippen molar-refractivity contribution in [2.24, 2.45) is 5.92 Å². The molecular weight excluding hydrogens is 328 g/mol. The predicted molar refractivity (Wildman–Crippen MR) is 93.8 cm³/mol. The van der Waals surface area contributed by atoms with Crippen LogP contribution in [0.25, 0.3) is 0 Å². The molecule has 1 aromatic carbocycles. The number of hydrogen-bond acceptors (Lipinski definition) is 4. The number of carbonyl (C=O) groups excluding carboxylic acids is 2. The van der Waals surface area contributed by atoms with E-state index in [9.17, 15) is 9.59 Å². The summed E-state index contributed by atoms with van der Waals surface area (Å²) in [6, 6.07) is 7.90. The Labute approximate surface area is 147 Å². The maximum absolute atomic E-state index is 11.8. The molecule has 0 aromatic heterocycles. The van der Waals surface area contributed by atoms with Gasteiger partial charge in [-0.3, -0.25) is 19.8 Å². The second kappa shape index (κ2) is 8.85. The number of hydrogen-bond donors (Lipinski definition) is 1. The van der Waals surface area contributed by atoms with Crippen LogP contribution in [0.3, 0.4) is 0 Å². The Morgan fingerprint density at radius 2 is 1.92 bits per heavy atom. The number of benzene rings is 1. The van der Waals surface area contributed by atoms with Crippen molar-refractivity contribution in [3.63, 3.8) is 0 Å². The Hall–Kier alpha value is -1.85. The number of ether oxygens (including phenoxy) is 1. The van der Waals surface area contributed by atoms with Crippen LogP contribution in [0.5, 0.6) is 5.75 Å². The van der Waals surface area contributed by atoms with Gasteiger partial charge in [0.25, 0.3) is 0 Å². The lowest BCUT2D eigenvalue weighted by molar-refractivity contribution is -0.132. The number of nitrogens with one attached hydrogen (secondary N) is 1. The highest BCUT2D eigenvalue weighted by Crippen LogP contribution is 2.20. The lowest BCUT2D eigenvalue weighted by Gasteiger charge is -2.31. The monoisotopic (exact) mass is 350 g/mol. The summed E-state index contributed by atoms with van der Waals surface area (Å²) >= 11 is 5.68. The molecule has 0 saturated carbocycles. The summed E-state index contributed by atoms with van der Waals surface area (Å²) in [6.45, 7) is 7.78. The van der Waals surface area contributed by atoms with Crippen LogP contribution in [0.2, 0.25) is 0 Å². The zero-order valence-corrected chi connectivity index (χ0v) is 14.6. The molecule has 0 bridgehead atoms. The molecule has 0 spiro atoms. The van der Waals surface area contributed by atoms with Gasteiger partial charge in [0.15, 0.2) is 0 Å². The molecule has 5 nitrogen and oxygen atoms in total. The molecule has 1 aliphatic rings. The zero-order valence-electron chi connectivity index (χ0n) is 13.9. The molecule has 1 heterocycles. The molecule has 130 valence electrons. The molecular formula is C18H23ClN2O3. The largest absolute Gasteiger partial charge is 0.488 e. The lowest BCUT2D eigenvalue weighted by atomic mass is 9.95. The standard InChI is InChI=1S/C18H23ClN2O3/c1-13(19)12-24-17-5-3-15(4-6-17)11-21-9-7-16(8-10-21)18(23)20-14(2)22/h3-6,16H,1,7-12H2,2H3,(H,20,22,23). The fraction of sp³-hybridized carbons (Fsp3) is 0.444. The summed E-state index contributed by atoms with van der Waals surface area (Å²) in [5, 5.41) is 2.85. The minimum atomic E-state index is -0.289. The highest BCUT2D eigenvalue weighted by Gasteiger charge is 2.25. The molecule has 0 radical (unpaired) electrons. The topological polar surface area (TPSA) is 58.6 Å². The van der Waals surface area contributed by atoms with Gasteiger partial charge in [-0.25, -0.2) is 0 Å². The Balaban J connectivity index is 1.78. The molecule has 24 heavy (non-hydrogen) atoms. The van der Waals surface area contributed by atoms with Crippen molar-refractivity contribution in [3.8, 4) is 5.75 Å². The highest BCUT2D eigenvalue weighted by atomic mass is 35.5. The summed E-state index contributed by atoms with van der Waals surface area (Å²) in [7, 11) is 0. The van der Waals surface area contributed by atoms with Crippen molar-refractivity contribution in [1.82, 2.24) is 10.2 Å². The fourth-order valence-electron chi connectivity index (χ4n) is 2.74. The van der Waals surface area contributed by atoms with Gasteiger partial charge in [0.05, 0.1) is 0 Å². The van der Waals surface area contributed by atoms with Crippen molar-refractivity contribution in [2.75, 3.05) is 19.7 Å². The predicted octanol–water partition coefficient (Wildman–Crippen LogP) is 2.69. The van der Waals surface area contributed by atoms with E-state index in [0.29, 0.717) is 11.6 Å². The van der Waals surface area contributed by atoms with E-state index in [-0.39, 0.29) is 17.7 Å². The Morgan fingerprint density at radius 3 is 2.46 bits per heavy atom. The van der Waals surface area contributed by atoms with E-state index in [1.807, 2.05) is 24.3 Å². The van der Waals surface area contributed by atoms with Crippen LogP contribution < -0.4 is 10.1 Å². The minimum absolute atomic E-state index is 0.0652. The Bertz CT molecular complexity index is 593. The minimum Gasteiger partial charge on any atom is -0.488 e. The van der Waals surface area contributed by atoms with Gasteiger partial charge >= 0.3 is 0 Å². The normalized spacial score (nSPS) is 15.8. The first kappa shape index (κ1) is 18.5. The van der Waals surface area contributed by atoms with Crippen molar-refractivity contribution in [3.05, 3.63) is 41.4 Å². The van der Waals surface area contributed by atoms with Gasteiger partial charge in [-0.15, -0.1) is 0 Å². The number of carbonyl (C=O) groups is 2. The third kappa shape index (κ3) is 5.98. The van der Waals surface area contributed by atoms with Gasteiger partial charge in [-0.1, -0.05) is 30.3 Å². The number of nitrogens with zero attached hydrogens (tertiary/aromatic N) is 1. The molecule has 2 rings (SSSR count). The second-order valence-electron chi connectivity index (χ2n) is 6.05. The van der Waals surface area contributed by atoms with Gasteiger partial charge in [0, 0.05) is 24.4 Å². The second-order valence-corrected chi connectivity index (χ2v) is 6.58. The molecule has 0 atom stereocenters. The van der Waals surface area contributed by atoms with E-state index in [0.717, 1.165) is 38.2 Å². The van der Waals surface area contributed by atoms with E-state index in [2.05, 4.69) is 16.8 Å². The van der Waals surface area contributed by atoms with Crippen molar-refractivity contribution in [2.45, 2.75) is 26.3 Å². The molecule has 2 amide bonds. The molecule has 1 N–H and O–H groups in total. The molecule has 0 aliphatic carbocycles. The molecule has 1 aromatic rings. The quantitative estimate of drug-likeness (QED) is 0.857. The van der Waals surface area contributed by atoms with Gasteiger partial charge in [-0.05, 0) is 43.6 Å². The number of rotatable bonds is 6. The third-order valence-electron chi connectivity index (χ3n) is 3.98. The SMILES string of the molecule is C=C(Cl)COc1ccc(CN2CCC(C(=O)NC(C)=O)CC2)cc1. The Kier molecular flexibility index (Phi) is 6.82. The van der Waals surface area contributed by atoms with Crippen molar-refractivity contribution >= 4 is 23.4 Å². The van der Waals surface area contributed by atoms with E-state index >= 15 is 0 Å². The van der Waals surface area contributed by atoms with Gasteiger partial charge < -0.3 is 4.74 Å². The van der Waals surface area contributed by atoms with Gasteiger partial charge in [-0.2, -0.15) is 0 Å². The summed E-state index contributed by atoms with van der Waals surface area (Å²) < 4.78 is 5.47. The third-order valence-corrected chi connectivity index (χ3v) is 4.09. The number of halogens is 1. The summed E-state index contributed by atoms with van der Waals surface area (Å²) in [5.41, 5.74) is 1.19. The lowest BCUT2D eigenvalue weighted by Crippen LogP contribution is -2.41. The van der Waals surface area contributed by atoms with Crippen molar-refractivity contribution < 1.29 is 14.3 Å². The smallest absolute Gasteiger partial charge is 0.229 e. The van der Waals surface area contributed by atoms with Crippen LogP contribution in [-0.2, 0) is 16.1 Å². The molecule has 0 unspecified atom stereocenters. The van der Waals surface area contributed by atoms with Crippen LogP contribution in [0.4, 0.5) is 0 Å². The van der Waals surface area contributed by atoms with Crippen LogP contribution in [-0.4, -0.2) is 36.4 Å². The maximum atomic E-state index is 11.8. The first-order chi connectivity index (χ1) is 11.4. The molecule has 1 aliphatic heterocycles. The van der Waals surface area contributed by atoms with Crippen LogP contribution >= 0.6 is 11.6 Å². The first-order valence-electron chi connectivity index (χ1n) is 8.03. The van der Waals surface area contributed by atoms with Crippen LogP contribution in [0.1, 0.15) is 25.3 Å². The number of imide groups is 1. The van der Waals surface area contributed by atoms with E-state index in [4.69, 9.17) is 16.3 Å². The van der Waals surface area contributed by atoms with Crippen LogP contribution in [0, 0.1) is 5.92 Å². The zero-order chi connectivity index (χ0) is 17.5. The average Bonchev–Trinajstić information content (AvgIpc) is 2.54. The van der Waals surface area contributed by atoms with E-state index in [1.165, 1.54) is 12.5 Å². The highest BCUT2D eigenvalue weighted by molar-refractivity contribution is 6.29. The fourth-order valence-corrected chi connectivity index (χ4v) is 2.79. The summed E-state index contributed by atoms with van der Waals surface area (Å²) in [5.74, 6) is 0.261. The van der Waals surface area contributed by atoms with E-state index in [1.54, 1.807) is 0 Å².